The van der Waals surface area contributed by atoms with Gasteiger partial charge in [-0.15, -0.1) is 13.2 Å². The van der Waals surface area contributed by atoms with E-state index in [1.54, 1.807) is 66.7 Å². The molecule has 0 aromatic heterocycles. The number of benzene rings is 2. The van der Waals surface area contributed by atoms with Gasteiger partial charge in [0.05, 0.1) is 12.5 Å². The molecule has 1 fully saturated rings. The van der Waals surface area contributed by atoms with Crippen LogP contribution in [-0.2, 0) is 23.9 Å². The number of rotatable bonds is 10. The number of allylic oxidation sites excluding steroid dienone is 4. The fourth-order valence-corrected chi connectivity index (χ4v) is 6.16. The Labute approximate surface area is 216 Å². The predicted molar refractivity (Wildman–Crippen MR) is 138 cm³/mol. The van der Waals surface area contributed by atoms with Gasteiger partial charge in [0.25, 0.3) is 0 Å². The van der Waals surface area contributed by atoms with E-state index < -0.39 is 46.2 Å². The van der Waals surface area contributed by atoms with Crippen LogP contribution in [0.2, 0.25) is 0 Å². The van der Waals surface area contributed by atoms with E-state index in [0.29, 0.717) is 5.56 Å². The van der Waals surface area contributed by atoms with Crippen molar-refractivity contribution < 1.29 is 28.7 Å². The molecule has 6 nitrogen and oxygen atoms in total. The molecule has 2 aromatic carbocycles. The van der Waals surface area contributed by atoms with Crippen LogP contribution in [0.4, 0.5) is 0 Å². The Balaban J connectivity index is 2.08. The van der Waals surface area contributed by atoms with Gasteiger partial charge in [0, 0.05) is 24.0 Å². The molecule has 0 amide bonds. The lowest BCUT2D eigenvalue weighted by atomic mass is 9.60. The van der Waals surface area contributed by atoms with Gasteiger partial charge < -0.3 is 9.47 Å². The van der Waals surface area contributed by atoms with Crippen molar-refractivity contribution in [1.29, 1.82) is 0 Å². The molecule has 1 saturated carbocycles. The maximum Gasteiger partial charge on any atom is 0.303 e. The van der Waals surface area contributed by atoms with E-state index in [-0.39, 0.29) is 36.2 Å². The molecule has 2 aromatic rings. The van der Waals surface area contributed by atoms with E-state index in [4.69, 9.17) is 9.47 Å². The van der Waals surface area contributed by atoms with Crippen molar-refractivity contribution in [3.05, 3.63) is 108 Å². The van der Waals surface area contributed by atoms with Gasteiger partial charge in [0.15, 0.2) is 22.8 Å². The van der Waals surface area contributed by atoms with Gasteiger partial charge in [0.2, 0.25) is 0 Å². The zero-order chi connectivity index (χ0) is 26.8. The third-order valence-electron chi connectivity index (χ3n) is 7.48. The minimum absolute atomic E-state index is 0.0683. The van der Waals surface area contributed by atoms with Gasteiger partial charge in [-0.05, 0) is 24.8 Å². The number of hydrogen-bond acceptors (Lipinski definition) is 6. The van der Waals surface area contributed by atoms with E-state index in [9.17, 15) is 19.2 Å². The Kier molecular flexibility index (Phi) is 7.12. The standard InChI is InChI=1S/C31H30O6/c1-5-13-23-27(34)31(26(33)22-16-11-8-12-17-22)24(19-30(18-6-2,29(31)35)28(23)36-4)25(37-20(3)32)21-14-9-7-10-15-21/h5-12,14-17,24-25H,1-2,13,18-19H2,3-4H3/t24-,25+,30+,31+/m0/s1. The van der Waals surface area contributed by atoms with Crippen LogP contribution in [0.1, 0.15) is 48.2 Å². The van der Waals surface area contributed by atoms with Crippen molar-refractivity contribution in [3.63, 3.8) is 0 Å². The Bertz CT molecular complexity index is 1290. The molecule has 0 aliphatic heterocycles. The normalized spacial score (nSPS) is 25.4. The molecule has 2 aliphatic rings. The number of Topliss-reactive ketones (excluding diaryl/α,β-unsaturated/α-hetero) is 3. The first-order valence-electron chi connectivity index (χ1n) is 12.2. The molecule has 0 unspecified atom stereocenters. The zero-order valence-corrected chi connectivity index (χ0v) is 21.1. The molecule has 6 heteroatoms. The summed E-state index contributed by atoms with van der Waals surface area (Å²) in [5.41, 5.74) is -2.36. The molecule has 4 atom stereocenters. The summed E-state index contributed by atoms with van der Waals surface area (Å²) in [5.74, 6) is -3.10. The lowest BCUT2D eigenvalue weighted by Crippen LogP contribution is -2.55. The van der Waals surface area contributed by atoms with E-state index in [2.05, 4.69) is 13.2 Å². The van der Waals surface area contributed by atoms with Gasteiger partial charge in [0.1, 0.15) is 11.9 Å². The van der Waals surface area contributed by atoms with Crippen LogP contribution in [0, 0.1) is 16.7 Å². The van der Waals surface area contributed by atoms with Crippen LogP contribution in [0.25, 0.3) is 0 Å². The van der Waals surface area contributed by atoms with Crippen molar-refractivity contribution in [3.8, 4) is 0 Å². The molecule has 2 bridgehead atoms. The summed E-state index contributed by atoms with van der Waals surface area (Å²) in [6, 6.07) is 17.2. The number of carbonyl (C=O) groups excluding carboxylic acids is 4. The number of fused-ring (bicyclic) bond motifs is 2. The number of methoxy groups -OCH3 is 1. The molecule has 0 radical (unpaired) electrons. The monoisotopic (exact) mass is 498 g/mol. The second-order valence-corrected chi connectivity index (χ2v) is 9.49. The fraction of sp³-hybridized carbons (Fsp3) is 0.290. The highest BCUT2D eigenvalue weighted by Crippen LogP contribution is 2.65. The van der Waals surface area contributed by atoms with Gasteiger partial charge in [-0.2, -0.15) is 0 Å². The summed E-state index contributed by atoms with van der Waals surface area (Å²) in [6.07, 6.45) is 2.48. The number of hydrogen-bond donors (Lipinski definition) is 0. The molecular formula is C31H30O6. The molecule has 4 rings (SSSR count). The highest BCUT2D eigenvalue weighted by molar-refractivity contribution is 6.36. The summed E-state index contributed by atoms with van der Waals surface area (Å²) in [6.45, 7) is 8.91. The maximum atomic E-state index is 14.6. The first kappa shape index (κ1) is 26.0. The van der Waals surface area contributed by atoms with Crippen LogP contribution in [0.3, 0.4) is 0 Å². The minimum Gasteiger partial charge on any atom is -0.500 e. The molecule has 2 aliphatic carbocycles. The Morgan fingerprint density at radius 2 is 1.65 bits per heavy atom. The van der Waals surface area contributed by atoms with Gasteiger partial charge in [-0.3, -0.25) is 19.2 Å². The SMILES string of the molecule is C=CCC1=C(OC)[C@@]2(CC=C)C[C@@H]([C@H](OC(C)=O)c3ccccc3)[C@@](C(=O)c3ccccc3)(C1=O)C2=O. The lowest BCUT2D eigenvalue weighted by Gasteiger charge is -2.39. The largest absolute Gasteiger partial charge is 0.500 e. The van der Waals surface area contributed by atoms with Crippen LogP contribution >= 0.6 is 0 Å². The quantitative estimate of drug-likeness (QED) is 0.189. The summed E-state index contributed by atoms with van der Waals surface area (Å²) >= 11 is 0. The topological polar surface area (TPSA) is 86.7 Å². The number of ether oxygens (including phenoxy) is 2. The fourth-order valence-electron chi connectivity index (χ4n) is 6.16. The van der Waals surface area contributed by atoms with Crippen molar-refractivity contribution in [2.45, 2.75) is 32.3 Å². The minimum atomic E-state index is -2.11. The van der Waals surface area contributed by atoms with Crippen LogP contribution in [-0.4, -0.2) is 30.4 Å². The van der Waals surface area contributed by atoms with E-state index in [0.717, 1.165) is 0 Å². The van der Waals surface area contributed by atoms with Gasteiger partial charge in [-0.25, -0.2) is 0 Å². The second kappa shape index (κ2) is 10.1. The average Bonchev–Trinajstić information content (AvgIpc) is 3.11. The van der Waals surface area contributed by atoms with E-state index in [1.807, 2.05) is 6.07 Å². The number of ketones is 3. The maximum absolute atomic E-state index is 14.6. The summed E-state index contributed by atoms with van der Waals surface area (Å²) in [5, 5.41) is 0. The van der Waals surface area contributed by atoms with Gasteiger partial charge >= 0.3 is 5.97 Å². The van der Waals surface area contributed by atoms with Crippen molar-refractivity contribution in [2.24, 2.45) is 16.7 Å². The van der Waals surface area contributed by atoms with Crippen LogP contribution in [0.15, 0.2) is 97.3 Å². The smallest absolute Gasteiger partial charge is 0.303 e. The average molecular weight is 499 g/mol. The predicted octanol–water partition coefficient (Wildman–Crippen LogP) is 5.37. The lowest BCUT2D eigenvalue weighted by molar-refractivity contribution is -0.155. The first-order chi connectivity index (χ1) is 17.8. The summed E-state index contributed by atoms with van der Waals surface area (Å²) in [7, 11) is 1.42. The third-order valence-corrected chi connectivity index (χ3v) is 7.48. The highest BCUT2D eigenvalue weighted by Gasteiger charge is 2.75. The van der Waals surface area contributed by atoms with Crippen LogP contribution in [0.5, 0.6) is 0 Å². The van der Waals surface area contributed by atoms with Crippen molar-refractivity contribution in [2.75, 3.05) is 7.11 Å². The van der Waals surface area contributed by atoms with Gasteiger partial charge in [-0.1, -0.05) is 72.8 Å². The van der Waals surface area contributed by atoms with Crippen molar-refractivity contribution in [1.82, 2.24) is 0 Å². The van der Waals surface area contributed by atoms with Crippen molar-refractivity contribution >= 4 is 23.3 Å². The zero-order valence-electron chi connectivity index (χ0n) is 21.1. The second-order valence-electron chi connectivity index (χ2n) is 9.49. The Hall–Kier alpha value is -4.06. The number of esters is 1. The molecule has 190 valence electrons. The molecular weight excluding hydrogens is 468 g/mol. The van der Waals surface area contributed by atoms with Crippen LogP contribution < -0.4 is 0 Å². The molecule has 0 saturated heterocycles. The molecule has 0 N–H and O–H groups in total. The van der Waals surface area contributed by atoms with E-state index in [1.165, 1.54) is 14.0 Å². The van der Waals surface area contributed by atoms with E-state index >= 15 is 0 Å². The first-order valence-corrected chi connectivity index (χ1v) is 12.2. The third kappa shape index (κ3) is 3.88. The molecule has 0 heterocycles. The molecule has 0 spiro atoms. The Morgan fingerprint density at radius 3 is 2.19 bits per heavy atom. The highest BCUT2D eigenvalue weighted by atomic mass is 16.5. The summed E-state index contributed by atoms with van der Waals surface area (Å²) in [4.78, 5) is 55.9. The Morgan fingerprint density at radius 1 is 1.03 bits per heavy atom. The number of carbonyl (C=O) groups is 4. The summed E-state index contributed by atoms with van der Waals surface area (Å²) < 4.78 is 11.6. The molecule has 37 heavy (non-hydrogen) atoms.